The van der Waals surface area contributed by atoms with Crippen LogP contribution in [0.15, 0.2) is 12.1 Å². The Hall–Kier alpha value is -1.73. The summed E-state index contributed by atoms with van der Waals surface area (Å²) in [6, 6.07) is 4.80. The molecule has 26 heavy (non-hydrogen) atoms. The van der Waals surface area contributed by atoms with E-state index in [9.17, 15) is 5.11 Å². The molecule has 2 fully saturated rings. The lowest BCUT2D eigenvalue weighted by Crippen LogP contribution is -2.63. The van der Waals surface area contributed by atoms with Crippen LogP contribution in [0.1, 0.15) is 52.3 Å². The highest BCUT2D eigenvalue weighted by Gasteiger charge is 2.37. The second kappa shape index (κ2) is 6.46. The van der Waals surface area contributed by atoms with E-state index in [4.69, 9.17) is 5.10 Å². The van der Waals surface area contributed by atoms with Gasteiger partial charge in [0.15, 0.2) is 11.5 Å². The predicted molar refractivity (Wildman–Crippen MR) is 102 cm³/mol. The van der Waals surface area contributed by atoms with Crippen molar-refractivity contribution in [2.24, 2.45) is 0 Å². The summed E-state index contributed by atoms with van der Waals surface area (Å²) >= 11 is 0. The highest BCUT2D eigenvalue weighted by Crippen LogP contribution is 2.29. The average Bonchev–Trinajstić information content (AvgIpc) is 2.97. The van der Waals surface area contributed by atoms with Gasteiger partial charge in [-0.3, -0.25) is 4.90 Å². The number of anilines is 1. The molecule has 0 amide bonds. The fourth-order valence-electron chi connectivity index (χ4n) is 4.15. The maximum absolute atomic E-state index is 10.3. The third-order valence-corrected chi connectivity index (χ3v) is 5.90. The second-order valence-electron chi connectivity index (χ2n) is 8.88. The molecule has 7 nitrogen and oxygen atoms in total. The molecule has 0 spiro atoms. The monoisotopic (exact) mass is 358 g/mol. The van der Waals surface area contributed by atoms with Gasteiger partial charge < -0.3 is 10.0 Å². The van der Waals surface area contributed by atoms with Crippen LogP contribution in [-0.4, -0.2) is 68.1 Å². The van der Waals surface area contributed by atoms with Crippen LogP contribution >= 0.6 is 0 Å². The van der Waals surface area contributed by atoms with Crippen molar-refractivity contribution in [2.45, 2.75) is 70.1 Å². The first kappa shape index (κ1) is 17.7. The zero-order chi connectivity index (χ0) is 18.5. The van der Waals surface area contributed by atoms with Crippen LogP contribution in [0.2, 0.25) is 0 Å². The van der Waals surface area contributed by atoms with E-state index < -0.39 is 0 Å². The van der Waals surface area contributed by atoms with E-state index in [-0.39, 0.29) is 11.5 Å². The van der Waals surface area contributed by atoms with Gasteiger partial charge in [0.2, 0.25) is 0 Å². The highest BCUT2D eigenvalue weighted by atomic mass is 16.3. The topological polar surface area (TPSA) is 69.8 Å². The first-order chi connectivity index (χ1) is 12.3. The summed E-state index contributed by atoms with van der Waals surface area (Å²) in [7, 11) is 2.16. The molecule has 2 aromatic heterocycles. The molecule has 4 rings (SSSR count). The van der Waals surface area contributed by atoms with E-state index in [1.165, 1.54) is 6.42 Å². The molecule has 2 aliphatic rings. The molecule has 1 aliphatic heterocycles. The van der Waals surface area contributed by atoms with Gasteiger partial charge in [-0.15, -0.1) is 15.3 Å². The van der Waals surface area contributed by atoms with Crippen molar-refractivity contribution >= 4 is 11.5 Å². The lowest BCUT2D eigenvalue weighted by Gasteiger charge is -2.48. The van der Waals surface area contributed by atoms with Gasteiger partial charge in [-0.1, -0.05) is 33.6 Å². The van der Waals surface area contributed by atoms with Crippen LogP contribution in [0.5, 0.6) is 0 Å². The van der Waals surface area contributed by atoms with Gasteiger partial charge >= 0.3 is 0 Å². The van der Waals surface area contributed by atoms with E-state index in [2.05, 4.69) is 47.8 Å². The van der Waals surface area contributed by atoms with Crippen LogP contribution in [0.25, 0.3) is 5.65 Å². The van der Waals surface area contributed by atoms with E-state index in [1.807, 2.05) is 16.6 Å². The molecular formula is C19H30N6O. The van der Waals surface area contributed by atoms with Crippen LogP contribution in [-0.2, 0) is 5.41 Å². The number of hydrogen-bond donors (Lipinski definition) is 1. The minimum Gasteiger partial charge on any atom is -0.391 e. The fraction of sp³-hybridized carbons (Fsp3) is 0.737. The van der Waals surface area contributed by atoms with E-state index in [1.54, 1.807) is 0 Å². The van der Waals surface area contributed by atoms with Gasteiger partial charge in [-0.05, 0) is 32.0 Å². The predicted octanol–water partition coefficient (Wildman–Crippen LogP) is 1.85. The number of fused-ring (bicyclic) bond motifs is 1. The molecular weight excluding hydrogens is 328 g/mol. The summed E-state index contributed by atoms with van der Waals surface area (Å²) in [6.45, 7) is 8.28. The van der Waals surface area contributed by atoms with Crippen molar-refractivity contribution in [3.05, 3.63) is 18.0 Å². The largest absolute Gasteiger partial charge is 0.391 e. The molecule has 1 aliphatic carbocycles. The summed E-state index contributed by atoms with van der Waals surface area (Å²) in [5.74, 6) is 1.85. The minimum atomic E-state index is -0.177. The lowest BCUT2D eigenvalue weighted by molar-refractivity contribution is 0.00675. The molecule has 3 heterocycles. The molecule has 1 N–H and O–H groups in total. The smallest absolute Gasteiger partial charge is 0.178 e. The Bertz CT molecular complexity index is 776. The van der Waals surface area contributed by atoms with Gasteiger partial charge in [0.05, 0.1) is 6.10 Å². The van der Waals surface area contributed by atoms with Crippen molar-refractivity contribution in [2.75, 3.05) is 25.0 Å². The lowest BCUT2D eigenvalue weighted by atomic mass is 9.90. The van der Waals surface area contributed by atoms with Gasteiger partial charge in [-0.25, -0.2) is 0 Å². The summed E-state index contributed by atoms with van der Waals surface area (Å²) in [6.07, 6.45) is 4.25. The average molecular weight is 358 g/mol. The van der Waals surface area contributed by atoms with Crippen molar-refractivity contribution < 1.29 is 5.11 Å². The van der Waals surface area contributed by atoms with Crippen molar-refractivity contribution in [1.29, 1.82) is 0 Å². The van der Waals surface area contributed by atoms with Crippen molar-refractivity contribution in [3.8, 4) is 0 Å². The summed E-state index contributed by atoms with van der Waals surface area (Å²) in [5, 5.41) is 23.7. The van der Waals surface area contributed by atoms with Crippen molar-refractivity contribution in [1.82, 2.24) is 24.7 Å². The Morgan fingerprint density at radius 1 is 1.12 bits per heavy atom. The molecule has 2 atom stereocenters. The molecule has 2 aromatic rings. The zero-order valence-corrected chi connectivity index (χ0v) is 16.3. The van der Waals surface area contributed by atoms with Gasteiger partial charge in [0, 0.05) is 30.6 Å². The summed E-state index contributed by atoms with van der Waals surface area (Å²) < 4.78 is 1.87. The maximum atomic E-state index is 10.3. The molecule has 7 heteroatoms. The standard InChI is InChI=1S/C19H30N6O/c1-19(2,3)18-21-20-16-9-10-17(22-25(16)18)24-11-13(12-24)23(4)14-7-5-6-8-15(14)26/h9-10,13-15,26H,5-8,11-12H2,1-4H3. The van der Waals surface area contributed by atoms with Crippen LogP contribution in [0.3, 0.4) is 0 Å². The van der Waals surface area contributed by atoms with Crippen LogP contribution in [0, 0.1) is 0 Å². The molecule has 0 aromatic carbocycles. The molecule has 0 bridgehead atoms. The number of aromatic nitrogens is 4. The van der Waals surface area contributed by atoms with E-state index in [0.717, 1.165) is 49.6 Å². The Morgan fingerprint density at radius 3 is 2.54 bits per heavy atom. The third-order valence-electron chi connectivity index (χ3n) is 5.90. The Labute approximate surface area is 155 Å². The first-order valence-corrected chi connectivity index (χ1v) is 9.72. The van der Waals surface area contributed by atoms with Gasteiger partial charge in [0.1, 0.15) is 5.82 Å². The molecule has 1 saturated heterocycles. The summed E-state index contributed by atoms with van der Waals surface area (Å²) in [5.41, 5.74) is 0.693. The molecule has 2 unspecified atom stereocenters. The molecule has 142 valence electrons. The zero-order valence-electron chi connectivity index (χ0n) is 16.3. The molecule has 0 radical (unpaired) electrons. The number of hydrogen-bond acceptors (Lipinski definition) is 6. The van der Waals surface area contributed by atoms with Crippen LogP contribution in [0.4, 0.5) is 5.82 Å². The minimum absolute atomic E-state index is 0.0974. The quantitative estimate of drug-likeness (QED) is 0.903. The number of likely N-dealkylation sites (N-methyl/N-ethyl adjacent to an activating group) is 1. The van der Waals surface area contributed by atoms with Crippen LogP contribution < -0.4 is 4.90 Å². The molecule has 1 saturated carbocycles. The van der Waals surface area contributed by atoms with Gasteiger partial charge in [0.25, 0.3) is 0 Å². The SMILES string of the molecule is CN(C1CN(c2ccc3nnc(C(C)(C)C)n3n2)C1)C1CCCCC1O. The Kier molecular flexibility index (Phi) is 4.39. The Balaban J connectivity index is 1.47. The number of aliphatic hydroxyl groups excluding tert-OH is 1. The van der Waals surface area contributed by atoms with Gasteiger partial charge in [-0.2, -0.15) is 4.52 Å². The summed E-state index contributed by atoms with van der Waals surface area (Å²) in [4.78, 5) is 4.68. The fourth-order valence-corrected chi connectivity index (χ4v) is 4.15. The number of aliphatic hydroxyl groups is 1. The third kappa shape index (κ3) is 3.07. The Morgan fingerprint density at radius 2 is 1.85 bits per heavy atom. The maximum Gasteiger partial charge on any atom is 0.178 e. The van der Waals surface area contributed by atoms with E-state index in [0.29, 0.717) is 12.1 Å². The number of nitrogens with zero attached hydrogens (tertiary/aromatic N) is 6. The van der Waals surface area contributed by atoms with Crippen molar-refractivity contribution in [3.63, 3.8) is 0 Å². The second-order valence-corrected chi connectivity index (χ2v) is 8.88. The first-order valence-electron chi connectivity index (χ1n) is 9.72. The highest BCUT2D eigenvalue weighted by molar-refractivity contribution is 5.48. The van der Waals surface area contributed by atoms with E-state index >= 15 is 0 Å². The number of rotatable bonds is 3. The normalized spacial score (nSPS) is 25.1.